The van der Waals surface area contributed by atoms with Crippen LogP contribution in [0.15, 0.2) is 36.4 Å². The first-order valence-corrected chi connectivity index (χ1v) is 9.15. The number of benzene rings is 2. The average Bonchev–Trinajstić information content (AvgIpc) is 2.55. The van der Waals surface area contributed by atoms with Crippen LogP contribution in [-0.4, -0.2) is 7.05 Å². The van der Waals surface area contributed by atoms with Crippen molar-refractivity contribution in [2.75, 3.05) is 11.9 Å². The van der Waals surface area contributed by atoms with E-state index in [1.165, 1.54) is 72.0 Å². The fourth-order valence-electron chi connectivity index (χ4n) is 4.53. The normalized spacial score (nSPS) is 17.7. The van der Waals surface area contributed by atoms with Gasteiger partial charge in [-0.15, -0.1) is 0 Å². The van der Waals surface area contributed by atoms with Crippen LogP contribution in [0.3, 0.4) is 0 Å². The number of nitrogens with zero attached hydrogens (tertiary/aromatic N) is 1. The second kappa shape index (κ2) is 6.03. The van der Waals surface area contributed by atoms with Crippen LogP contribution < -0.4 is 4.90 Å². The molecule has 2 aromatic carbocycles. The number of anilines is 1. The molecule has 0 spiro atoms. The molecule has 1 saturated carbocycles. The van der Waals surface area contributed by atoms with E-state index in [4.69, 9.17) is 0 Å². The van der Waals surface area contributed by atoms with Crippen molar-refractivity contribution in [1.29, 1.82) is 0 Å². The Morgan fingerprint density at radius 1 is 1.04 bits per heavy atom. The molecule has 0 N–H and O–H groups in total. The second-order valence-corrected chi connectivity index (χ2v) is 7.52. The van der Waals surface area contributed by atoms with Crippen LogP contribution in [0, 0.1) is 12.8 Å². The second-order valence-electron chi connectivity index (χ2n) is 7.52. The van der Waals surface area contributed by atoms with Gasteiger partial charge in [-0.05, 0) is 41.5 Å². The van der Waals surface area contributed by atoms with Gasteiger partial charge in [-0.2, -0.15) is 0 Å². The van der Waals surface area contributed by atoms with Crippen LogP contribution in [-0.2, 0) is 13.0 Å². The van der Waals surface area contributed by atoms with Gasteiger partial charge in [0.15, 0.2) is 0 Å². The van der Waals surface area contributed by atoms with Crippen molar-refractivity contribution in [3.05, 3.63) is 53.1 Å². The Balaban J connectivity index is 1.62. The number of rotatable bonds is 3. The summed E-state index contributed by atoms with van der Waals surface area (Å²) in [6.07, 6.45) is 8.43. The summed E-state index contributed by atoms with van der Waals surface area (Å²) < 4.78 is 0. The SMILES string of the molecule is Cc1ccc(-c2cccc(CC3CCCCC3)c2)c2c1N(C)C2. The molecule has 0 unspecified atom stereocenters. The zero-order valence-electron chi connectivity index (χ0n) is 14.4. The van der Waals surface area contributed by atoms with Crippen LogP contribution in [0.25, 0.3) is 11.1 Å². The van der Waals surface area contributed by atoms with E-state index < -0.39 is 0 Å². The largest absolute Gasteiger partial charge is 0.370 e. The van der Waals surface area contributed by atoms with E-state index in [-0.39, 0.29) is 0 Å². The monoisotopic (exact) mass is 305 g/mol. The minimum absolute atomic E-state index is 0.908. The summed E-state index contributed by atoms with van der Waals surface area (Å²) in [5, 5.41) is 0. The van der Waals surface area contributed by atoms with Crippen LogP contribution >= 0.6 is 0 Å². The molecule has 1 heterocycles. The van der Waals surface area contributed by atoms with Crippen molar-refractivity contribution < 1.29 is 0 Å². The maximum atomic E-state index is 2.44. The minimum atomic E-state index is 0.908. The molecule has 2 aromatic rings. The first kappa shape index (κ1) is 14.8. The van der Waals surface area contributed by atoms with Gasteiger partial charge < -0.3 is 4.90 Å². The highest BCUT2D eigenvalue weighted by Gasteiger charge is 2.25. The fraction of sp³-hybridized carbons (Fsp3) is 0.455. The predicted octanol–water partition coefficient (Wildman–Crippen LogP) is 5.73. The predicted molar refractivity (Wildman–Crippen MR) is 99.0 cm³/mol. The van der Waals surface area contributed by atoms with Gasteiger partial charge in [-0.1, -0.05) is 68.5 Å². The Morgan fingerprint density at radius 2 is 1.87 bits per heavy atom. The molecular weight excluding hydrogens is 278 g/mol. The lowest BCUT2D eigenvalue weighted by molar-refractivity contribution is 0.357. The first-order chi connectivity index (χ1) is 11.2. The van der Waals surface area contributed by atoms with Gasteiger partial charge in [0.25, 0.3) is 0 Å². The molecule has 1 fully saturated rings. The van der Waals surface area contributed by atoms with Crippen LogP contribution in [0.1, 0.15) is 48.8 Å². The third-order valence-electron chi connectivity index (χ3n) is 5.75. The van der Waals surface area contributed by atoms with E-state index in [1.807, 2.05) is 0 Å². The van der Waals surface area contributed by atoms with E-state index in [0.29, 0.717) is 0 Å². The van der Waals surface area contributed by atoms with Crippen molar-refractivity contribution in [2.24, 2.45) is 5.92 Å². The molecule has 0 bridgehead atoms. The number of aryl methyl sites for hydroxylation is 1. The summed E-state index contributed by atoms with van der Waals surface area (Å²) in [6, 6.07) is 13.9. The molecule has 1 aliphatic carbocycles. The molecule has 120 valence electrons. The van der Waals surface area contributed by atoms with Gasteiger partial charge in [0.2, 0.25) is 0 Å². The van der Waals surface area contributed by atoms with Gasteiger partial charge in [0, 0.05) is 24.8 Å². The van der Waals surface area contributed by atoms with E-state index in [2.05, 4.69) is 55.3 Å². The standard InChI is InChI=1S/C22H27N/c1-16-11-12-20(21-15-23(2)22(16)21)19-10-6-9-18(14-19)13-17-7-4-3-5-8-17/h6,9-12,14,17H,3-5,7-8,13,15H2,1-2H3. The lowest BCUT2D eigenvalue weighted by Crippen LogP contribution is -2.29. The lowest BCUT2D eigenvalue weighted by atomic mass is 9.84. The quantitative estimate of drug-likeness (QED) is 0.699. The zero-order valence-corrected chi connectivity index (χ0v) is 14.4. The molecule has 1 nitrogen and oxygen atoms in total. The van der Waals surface area contributed by atoms with Gasteiger partial charge in [0.1, 0.15) is 0 Å². The third-order valence-corrected chi connectivity index (χ3v) is 5.75. The number of hydrogen-bond acceptors (Lipinski definition) is 1. The van der Waals surface area contributed by atoms with Crippen LogP contribution in [0.2, 0.25) is 0 Å². The molecule has 0 atom stereocenters. The Hall–Kier alpha value is -1.76. The van der Waals surface area contributed by atoms with E-state index >= 15 is 0 Å². The molecule has 0 radical (unpaired) electrons. The first-order valence-electron chi connectivity index (χ1n) is 9.15. The lowest BCUT2D eigenvalue weighted by Gasteiger charge is -2.36. The molecule has 4 rings (SSSR count). The van der Waals surface area contributed by atoms with Crippen molar-refractivity contribution >= 4 is 5.69 Å². The van der Waals surface area contributed by atoms with Gasteiger partial charge >= 0.3 is 0 Å². The summed E-state index contributed by atoms with van der Waals surface area (Å²) in [4.78, 5) is 2.36. The average molecular weight is 305 g/mol. The maximum absolute atomic E-state index is 2.44. The van der Waals surface area contributed by atoms with Crippen LogP contribution in [0.5, 0.6) is 0 Å². The van der Waals surface area contributed by atoms with Crippen molar-refractivity contribution in [1.82, 2.24) is 0 Å². The summed E-state index contributed by atoms with van der Waals surface area (Å²) in [5.74, 6) is 0.908. The molecule has 23 heavy (non-hydrogen) atoms. The van der Waals surface area contributed by atoms with Crippen molar-refractivity contribution in [3.63, 3.8) is 0 Å². The van der Waals surface area contributed by atoms with E-state index in [0.717, 1.165) is 12.5 Å². The molecule has 1 heteroatoms. The number of hydrogen-bond donors (Lipinski definition) is 0. The van der Waals surface area contributed by atoms with E-state index in [1.54, 1.807) is 0 Å². The Kier molecular flexibility index (Phi) is 3.88. The molecule has 0 saturated heterocycles. The highest BCUT2D eigenvalue weighted by Crippen LogP contribution is 2.41. The molecule has 1 aliphatic heterocycles. The van der Waals surface area contributed by atoms with Crippen molar-refractivity contribution in [3.8, 4) is 11.1 Å². The summed E-state index contributed by atoms with van der Waals surface area (Å²) in [6.45, 7) is 3.30. The highest BCUT2D eigenvalue weighted by molar-refractivity contribution is 5.81. The molecule has 0 amide bonds. The van der Waals surface area contributed by atoms with Gasteiger partial charge in [-0.3, -0.25) is 0 Å². The fourth-order valence-corrected chi connectivity index (χ4v) is 4.53. The summed E-state index contributed by atoms with van der Waals surface area (Å²) >= 11 is 0. The molecule has 0 aromatic heterocycles. The summed E-state index contributed by atoms with van der Waals surface area (Å²) in [5.41, 5.74) is 8.74. The van der Waals surface area contributed by atoms with Gasteiger partial charge in [0.05, 0.1) is 0 Å². The van der Waals surface area contributed by atoms with Crippen LogP contribution in [0.4, 0.5) is 5.69 Å². The maximum Gasteiger partial charge on any atom is 0.0453 e. The van der Waals surface area contributed by atoms with E-state index in [9.17, 15) is 0 Å². The Morgan fingerprint density at radius 3 is 2.65 bits per heavy atom. The molecule has 2 aliphatic rings. The van der Waals surface area contributed by atoms with Crippen molar-refractivity contribution in [2.45, 2.75) is 52.0 Å². The highest BCUT2D eigenvalue weighted by atomic mass is 15.2. The Bertz CT molecular complexity index is 710. The summed E-state index contributed by atoms with van der Waals surface area (Å²) in [7, 11) is 2.19. The molecular formula is C22H27N. The number of fused-ring (bicyclic) bond motifs is 1. The topological polar surface area (TPSA) is 3.24 Å². The minimum Gasteiger partial charge on any atom is -0.370 e. The Labute approximate surface area is 140 Å². The smallest absolute Gasteiger partial charge is 0.0453 e. The zero-order chi connectivity index (χ0) is 15.8. The van der Waals surface area contributed by atoms with Gasteiger partial charge in [-0.25, -0.2) is 0 Å². The third kappa shape index (κ3) is 2.78.